The Kier molecular flexibility index (Phi) is 5.86. The van der Waals surface area contributed by atoms with Gasteiger partial charge in [-0.3, -0.25) is 14.6 Å². The Morgan fingerprint density at radius 3 is 2.69 bits per heavy atom. The van der Waals surface area contributed by atoms with E-state index in [2.05, 4.69) is 11.0 Å². The molecule has 1 aliphatic heterocycles. The van der Waals surface area contributed by atoms with Gasteiger partial charge in [0.05, 0.1) is 35.1 Å². The summed E-state index contributed by atoms with van der Waals surface area (Å²) in [6, 6.07) is 15.0. The summed E-state index contributed by atoms with van der Waals surface area (Å²) in [5.41, 5.74) is 3.14. The molecule has 0 unspecified atom stereocenters. The van der Waals surface area contributed by atoms with E-state index in [1.54, 1.807) is 29.2 Å². The standard InChI is InChI=1S/C22H22N4O2S/c1-16-3-2-4-19-20(16)24-22(29-19)26(10-9-25-11-13-28-14-12-25)21(27)18-7-5-17(15-23)6-8-18/h2-8H,9-14H2,1H3. The first-order valence-corrected chi connectivity index (χ1v) is 10.5. The van der Waals surface area contributed by atoms with Crippen molar-refractivity contribution in [2.45, 2.75) is 6.92 Å². The number of benzene rings is 2. The van der Waals surface area contributed by atoms with Crippen LogP contribution in [0.4, 0.5) is 5.13 Å². The maximum atomic E-state index is 13.3. The minimum atomic E-state index is -0.0977. The molecule has 7 heteroatoms. The lowest BCUT2D eigenvalue weighted by Gasteiger charge is -2.29. The highest BCUT2D eigenvalue weighted by Gasteiger charge is 2.23. The van der Waals surface area contributed by atoms with Crippen molar-refractivity contribution in [3.8, 4) is 6.07 Å². The predicted molar refractivity (Wildman–Crippen MR) is 114 cm³/mol. The first kappa shape index (κ1) is 19.5. The maximum Gasteiger partial charge on any atom is 0.260 e. The summed E-state index contributed by atoms with van der Waals surface area (Å²) in [5.74, 6) is -0.0977. The van der Waals surface area contributed by atoms with E-state index >= 15 is 0 Å². The van der Waals surface area contributed by atoms with Crippen molar-refractivity contribution in [2.24, 2.45) is 0 Å². The molecule has 3 aromatic rings. The third-order valence-corrected chi connectivity index (χ3v) is 6.13. The van der Waals surface area contributed by atoms with Crippen LogP contribution in [-0.2, 0) is 4.74 Å². The highest BCUT2D eigenvalue weighted by molar-refractivity contribution is 7.22. The topological polar surface area (TPSA) is 69.5 Å². The number of carbonyl (C=O) groups excluding carboxylic acids is 1. The molecule has 29 heavy (non-hydrogen) atoms. The molecule has 2 heterocycles. The molecular weight excluding hydrogens is 384 g/mol. The van der Waals surface area contributed by atoms with Gasteiger partial charge in [0, 0.05) is 31.7 Å². The summed E-state index contributed by atoms with van der Waals surface area (Å²) in [6.45, 7) is 6.55. The van der Waals surface area contributed by atoms with Crippen molar-refractivity contribution < 1.29 is 9.53 Å². The fraction of sp³-hybridized carbons (Fsp3) is 0.318. The Morgan fingerprint density at radius 1 is 1.24 bits per heavy atom. The number of fused-ring (bicyclic) bond motifs is 1. The molecule has 0 N–H and O–H groups in total. The van der Waals surface area contributed by atoms with Crippen molar-refractivity contribution in [1.29, 1.82) is 5.26 Å². The highest BCUT2D eigenvalue weighted by atomic mass is 32.1. The van der Waals surface area contributed by atoms with E-state index in [4.69, 9.17) is 15.0 Å². The number of para-hydroxylation sites is 1. The second kappa shape index (κ2) is 8.70. The molecule has 0 saturated carbocycles. The molecule has 1 aromatic heterocycles. The van der Waals surface area contributed by atoms with Gasteiger partial charge in [-0.1, -0.05) is 23.5 Å². The molecule has 2 aromatic carbocycles. The number of hydrogen-bond donors (Lipinski definition) is 0. The smallest absolute Gasteiger partial charge is 0.260 e. The molecule has 0 atom stereocenters. The molecule has 1 fully saturated rings. The number of amides is 1. The van der Waals surface area contributed by atoms with Gasteiger partial charge in [-0.15, -0.1) is 0 Å². The first-order valence-electron chi connectivity index (χ1n) is 9.64. The number of carbonyl (C=O) groups is 1. The Balaban J connectivity index is 1.64. The Morgan fingerprint density at radius 2 is 2.00 bits per heavy atom. The number of morpholine rings is 1. The minimum Gasteiger partial charge on any atom is -0.379 e. The predicted octanol–water partition coefficient (Wildman–Crippen LogP) is 3.46. The van der Waals surface area contributed by atoms with Crippen LogP contribution in [0.5, 0.6) is 0 Å². The first-order chi connectivity index (χ1) is 14.2. The largest absolute Gasteiger partial charge is 0.379 e. The number of rotatable bonds is 5. The number of nitrogens with zero attached hydrogens (tertiary/aromatic N) is 4. The van der Waals surface area contributed by atoms with Crippen LogP contribution in [0.1, 0.15) is 21.5 Å². The number of nitriles is 1. The molecule has 0 bridgehead atoms. The van der Waals surface area contributed by atoms with Crippen LogP contribution in [0.15, 0.2) is 42.5 Å². The summed E-state index contributed by atoms with van der Waals surface area (Å²) < 4.78 is 6.50. The lowest BCUT2D eigenvalue weighted by Crippen LogP contribution is -2.43. The molecule has 1 saturated heterocycles. The molecule has 6 nitrogen and oxygen atoms in total. The van der Waals surface area contributed by atoms with E-state index in [0.29, 0.717) is 22.8 Å². The van der Waals surface area contributed by atoms with Crippen LogP contribution in [0, 0.1) is 18.3 Å². The molecule has 148 valence electrons. The molecule has 1 aliphatic rings. The summed E-state index contributed by atoms with van der Waals surface area (Å²) in [6.07, 6.45) is 0. The van der Waals surface area contributed by atoms with Gasteiger partial charge in [-0.2, -0.15) is 5.26 Å². The van der Waals surface area contributed by atoms with E-state index in [1.165, 1.54) is 11.3 Å². The van der Waals surface area contributed by atoms with Gasteiger partial charge >= 0.3 is 0 Å². The fourth-order valence-corrected chi connectivity index (χ4v) is 4.45. The molecule has 0 aliphatic carbocycles. The molecule has 0 spiro atoms. The average Bonchev–Trinajstić information content (AvgIpc) is 3.20. The summed E-state index contributed by atoms with van der Waals surface area (Å²) in [7, 11) is 0. The van der Waals surface area contributed by atoms with Crippen LogP contribution in [-0.4, -0.2) is 55.2 Å². The van der Waals surface area contributed by atoms with E-state index in [9.17, 15) is 4.79 Å². The zero-order valence-corrected chi connectivity index (χ0v) is 17.1. The molecule has 1 amide bonds. The Hall–Kier alpha value is -2.79. The van der Waals surface area contributed by atoms with Gasteiger partial charge in [-0.05, 0) is 42.8 Å². The van der Waals surface area contributed by atoms with Gasteiger partial charge < -0.3 is 4.74 Å². The SMILES string of the molecule is Cc1cccc2sc(N(CCN3CCOCC3)C(=O)c3ccc(C#N)cc3)nc12. The molecule has 4 rings (SSSR count). The second-order valence-electron chi connectivity index (χ2n) is 7.02. The lowest BCUT2D eigenvalue weighted by molar-refractivity contribution is 0.0391. The Labute approximate surface area is 173 Å². The second-order valence-corrected chi connectivity index (χ2v) is 8.03. The third kappa shape index (κ3) is 4.30. The van der Waals surface area contributed by atoms with Crippen molar-refractivity contribution in [3.05, 3.63) is 59.2 Å². The highest BCUT2D eigenvalue weighted by Crippen LogP contribution is 2.31. The van der Waals surface area contributed by atoms with E-state index in [0.717, 1.165) is 48.6 Å². The quantitative estimate of drug-likeness (QED) is 0.649. The zero-order valence-electron chi connectivity index (χ0n) is 16.3. The van der Waals surface area contributed by atoms with Crippen LogP contribution < -0.4 is 4.90 Å². The van der Waals surface area contributed by atoms with Crippen LogP contribution in [0.25, 0.3) is 10.2 Å². The van der Waals surface area contributed by atoms with Gasteiger partial charge in [0.15, 0.2) is 5.13 Å². The van der Waals surface area contributed by atoms with Gasteiger partial charge in [-0.25, -0.2) is 4.98 Å². The lowest BCUT2D eigenvalue weighted by atomic mass is 10.1. The minimum absolute atomic E-state index is 0.0977. The van der Waals surface area contributed by atoms with Gasteiger partial charge in [0.1, 0.15) is 0 Å². The molecular formula is C22H22N4O2S. The number of anilines is 1. The van der Waals surface area contributed by atoms with Crippen molar-refractivity contribution >= 4 is 32.6 Å². The zero-order chi connectivity index (χ0) is 20.2. The number of aryl methyl sites for hydroxylation is 1. The van der Waals surface area contributed by atoms with E-state index in [-0.39, 0.29) is 5.91 Å². The number of ether oxygens (including phenoxy) is 1. The number of thiazole rings is 1. The van der Waals surface area contributed by atoms with Crippen molar-refractivity contribution in [1.82, 2.24) is 9.88 Å². The van der Waals surface area contributed by atoms with Crippen LogP contribution in [0.2, 0.25) is 0 Å². The summed E-state index contributed by atoms with van der Waals surface area (Å²) in [5, 5.41) is 9.73. The summed E-state index contributed by atoms with van der Waals surface area (Å²) >= 11 is 1.54. The van der Waals surface area contributed by atoms with E-state index < -0.39 is 0 Å². The van der Waals surface area contributed by atoms with Crippen LogP contribution >= 0.6 is 11.3 Å². The van der Waals surface area contributed by atoms with Crippen molar-refractivity contribution in [3.63, 3.8) is 0 Å². The summed E-state index contributed by atoms with van der Waals surface area (Å²) in [4.78, 5) is 22.2. The fourth-order valence-electron chi connectivity index (χ4n) is 3.38. The monoisotopic (exact) mass is 406 g/mol. The van der Waals surface area contributed by atoms with E-state index in [1.807, 2.05) is 25.1 Å². The van der Waals surface area contributed by atoms with Gasteiger partial charge in [0.2, 0.25) is 0 Å². The van der Waals surface area contributed by atoms with Crippen molar-refractivity contribution in [2.75, 3.05) is 44.3 Å². The molecule has 0 radical (unpaired) electrons. The maximum absolute atomic E-state index is 13.3. The van der Waals surface area contributed by atoms with Crippen LogP contribution in [0.3, 0.4) is 0 Å². The average molecular weight is 407 g/mol. The number of aromatic nitrogens is 1. The normalized spacial score (nSPS) is 14.6. The third-order valence-electron chi connectivity index (χ3n) is 5.09. The number of hydrogen-bond acceptors (Lipinski definition) is 6. The van der Waals surface area contributed by atoms with Gasteiger partial charge in [0.25, 0.3) is 5.91 Å². The Bertz CT molecular complexity index is 1050.